The molecule has 0 saturated carbocycles. The molecule has 1 atom stereocenters. The van der Waals surface area contributed by atoms with Crippen LogP contribution in [0, 0.1) is 5.82 Å². The second-order valence-electron chi connectivity index (χ2n) is 6.44. The maximum absolute atomic E-state index is 14.7. The number of pyridine rings is 1. The molecular weight excluding hydrogens is 381 g/mol. The molecule has 1 saturated heterocycles. The minimum Gasteiger partial charge on any atom is -0.444 e. The van der Waals surface area contributed by atoms with Crippen LogP contribution < -0.4 is 10.6 Å². The third kappa shape index (κ3) is 3.88. The van der Waals surface area contributed by atoms with Crippen molar-refractivity contribution in [2.45, 2.75) is 18.9 Å². The number of nitrogens with two attached hydrogens (primary N) is 1. The van der Waals surface area contributed by atoms with Gasteiger partial charge in [0.1, 0.15) is 18.2 Å². The van der Waals surface area contributed by atoms with Gasteiger partial charge < -0.3 is 10.5 Å². The predicted molar refractivity (Wildman–Crippen MR) is 98.4 cm³/mol. The summed E-state index contributed by atoms with van der Waals surface area (Å²) >= 11 is 0. The van der Waals surface area contributed by atoms with E-state index < -0.39 is 23.9 Å². The monoisotopic (exact) mass is 397 g/mol. The first-order valence-corrected chi connectivity index (χ1v) is 8.77. The standard InChI is InChI=1S/C18H16FN7O3/c19-15-7-12(25-9-13(29-18(25)28)3-5-16(20)27)2-4-14(15)11-1-6-17(21-8-11)26-10-22-23-24-26/h1-2,4,6-8,10,13H,3,5,9H2,(H2,20,27). The van der Waals surface area contributed by atoms with E-state index >= 15 is 0 Å². The van der Waals surface area contributed by atoms with Gasteiger partial charge in [-0.25, -0.2) is 14.2 Å². The molecule has 1 aliphatic heterocycles. The average molecular weight is 397 g/mol. The van der Waals surface area contributed by atoms with E-state index in [0.29, 0.717) is 29.1 Å². The van der Waals surface area contributed by atoms with Gasteiger partial charge in [-0.15, -0.1) is 5.10 Å². The van der Waals surface area contributed by atoms with Gasteiger partial charge in [0, 0.05) is 23.7 Å². The topological polar surface area (TPSA) is 129 Å². The third-order valence-electron chi connectivity index (χ3n) is 4.49. The normalized spacial score (nSPS) is 16.1. The lowest BCUT2D eigenvalue weighted by molar-refractivity contribution is -0.118. The van der Waals surface area contributed by atoms with Crippen LogP contribution in [0.5, 0.6) is 0 Å². The Morgan fingerprint density at radius 2 is 2.17 bits per heavy atom. The number of nitrogens with zero attached hydrogens (tertiary/aromatic N) is 6. The molecule has 0 bridgehead atoms. The predicted octanol–water partition coefficient (Wildman–Crippen LogP) is 1.45. The van der Waals surface area contributed by atoms with Gasteiger partial charge in [0.25, 0.3) is 0 Å². The first-order valence-electron chi connectivity index (χ1n) is 8.77. The number of aromatic nitrogens is 5. The lowest BCUT2D eigenvalue weighted by atomic mass is 10.1. The Morgan fingerprint density at radius 1 is 1.31 bits per heavy atom. The molecule has 0 aliphatic carbocycles. The van der Waals surface area contributed by atoms with E-state index in [-0.39, 0.29) is 13.0 Å². The molecule has 11 heteroatoms. The van der Waals surface area contributed by atoms with Gasteiger partial charge in [-0.05, 0) is 47.2 Å². The largest absolute Gasteiger partial charge is 0.444 e. The first-order chi connectivity index (χ1) is 14.0. The number of hydrogen-bond acceptors (Lipinski definition) is 7. The van der Waals surface area contributed by atoms with Crippen molar-refractivity contribution < 1.29 is 18.7 Å². The molecule has 10 nitrogen and oxygen atoms in total. The van der Waals surface area contributed by atoms with Crippen molar-refractivity contribution in [3.8, 4) is 16.9 Å². The number of amides is 2. The summed E-state index contributed by atoms with van der Waals surface area (Å²) in [7, 11) is 0. The van der Waals surface area contributed by atoms with Gasteiger partial charge in [0.05, 0.1) is 12.2 Å². The van der Waals surface area contributed by atoms with E-state index in [4.69, 9.17) is 10.5 Å². The summed E-state index contributed by atoms with van der Waals surface area (Å²) in [6.07, 6.45) is 2.33. The van der Waals surface area contributed by atoms with Crippen LogP contribution in [-0.2, 0) is 9.53 Å². The van der Waals surface area contributed by atoms with Crippen LogP contribution in [-0.4, -0.2) is 49.8 Å². The van der Waals surface area contributed by atoms with Crippen molar-refractivity contribution in [2.75, 3.05) is 11.4 Å². The number of rotatable bonds is 6. The second kappa shape index (κ2) is 7.62. The fourth-order valence-electron chi connectivity index (χ4n) is 3.04. The molecule has 2 amide bonds. The molecule has 3 heterocycles. The highest BCUT2D eigenvalue weighted by Gasteiger charge is 2.32. The number of anilines is 1. The minimum absolute atomic E-state index is 0.118. The van der Waals surface area contributed by atoms with Gasteiger partial charge in [-0.3, -0.25) is 9.69 Å². The summed E-state index contributed by atoms with van der Waals surface area (Å²) in [4.78, 5) is 28.5. The van der Waals surface area contributed by atoms with Crippen LogP contribution in [0.3, 0.4) is 0 Å². The lowest BCUT2D eigenvalue weighted by Crippen LogP contribution is -2.25. The molecule has 3 aromatic rings. The highest BCUT2D eigenvalue weighted by atomic mass is 19.1. The fourth-order valence-corrected chi connectivity index (χ4v) is 3.04. The van der Waals surface area contributed by atoms with E-state index in [0.717, 1.165) is 0 Å². The van der Waals surface area contributed by atoms with Gasteiger partial charge in [0.2, 0.25) is 5.91 Å². The number of carbonyl (C=O) groups is 2. The maximum Gasteiger partial charge on any atom is 0.414 e. The molecule has 4 rings (SSSR count). The fraction of sp³-hybridized carbons (Fsp3) is 0.222. The number of ether oxygens (including phenoxy) is 1. The van der Waals surface area contributed by atoms with Crippen LogP contribution in [0.25, 0.3) is 16.9 Å². The zero-order valence-corrected chi connectivity index (χ0v) is 15.1. The van der Waals surface area contributed by atoms with Crippen molar-refractivity contribution in [1.29, 1.82) is 0 Å². The Bertz CT molecular complexity index is 1040. The van der Waals surface area contributed by atoms with E-state index in [1.54, 1.807) is 24.3 Å². The maximum atomic E-state index is 14.7. The molecular formula is C18H16FN7O3. The van der Waals surface area contributed by atoms with E-state index in [2.05, 4.69) is 20.5 Å². The van der Waals surface area contributed by atoms with Crippen molar-refractivity contribution in [3.63, 3.8) is 0 Å². The Morgan fingerprint density at radius 3 is 2.83 bits per heavy atom. The number of primary amides is 1. The molecule has 2 N–H and O–H groups in total. The quantitative estimate of drug-likeness (QED) is 0.666. The summed E-state index contributed by atoms with van der Waals surface area (Å²) in [6, 6.07) is 7.84. The summed E-state index contributed by atoms with van der Waals surface area (Å²) in [6.45, 7) is 0.229. The van der Waals surface area contributed by atoms with E-state index in [1.165, 1.54) is 28.2 Å². The Labute approximate surface area is 164 Å². The Kier molecular flexibility index (Phi) is 4.85. The first kappa shape index (κ1) is 18.5. The molecule has 2 aromatic heterocycles. The number of halogens is 1. The van der Waals surface area contributed by atoms with Gasteiger partial charge in [-0.1, -0.05) is 0 Å². The van der Waals surface area contributed by atoms with Crippen molar-refractivity contribution >= 4 is 17.7 Å². The molecule has 0 radical (unpaired) electrons. The Balaban J connectivity index is 1.51. The molecule has 1 fully saturated rings. The number of cyclic esters (lactones) is 1. The van der Waals surface area contributed by atoms with Crippen LogP contribution >= 0.6 is 0 Å². The number of hydrogen-bond donors (Lipinski definition) is 1. The van der Waals surface area contributed by atoms with Crippen molar-refractivity contribution in [3.05, 3.63) is 48.7 Å². The van der Waals surface area contributed by atoms with Gasteiger partial charge >= 0.3 is 6.09 Å². The smallest absolute Gasteiger partial charge is 0.414 e. The van der Waals surface area contributed by atoms with Crippen LogP contribution in [0.2, 0.25) is 0 Å². The lowest BCUT2D eigenvalue weighted by Gasteiger charge is -2.14. The number of tetrazole rings is 1. The summed E-state index contributed by atoms with van der Waals surface area (Å²) < 4.78 is 21.3. The van der Waals surface area contributed by atoms with Crippen LogP contribution in [0.1, 0.15) is 12.8 Å². The SMILES string of the molecule is NC(=O)CCC1CN(c2ccc(-c3ccc(-n4cnnn4)nc3)c(F)c2)C(=O)O1. The highest BCUT2D eigenvalue weighted by molar-refractivity contribution is 5.90. The van der Waals surface area contributed by atoms with Crippen LogP contribution in [0.4, 0.5) is 14.9 Å². The van der Waals surface area contributed by atoms with Crippen molar-refractivity contribution in [2.24, 2.45) is 5.73 Å². The summed E-state index contributed by atoms with van der Waals surface area (Å²) in [5, 5.41) is 10.8. The third-order valence-corrected chi connectivity index (χ3v) is 4.49. The van der Waals surface area contributed by atoms with Gasteiger partial charge in [0.15, 0.2) is 5.82 Å². The Hall–Kier alpha value is -3.89. The average Bonchev–Trinajstić information content (AvgIpc) is 3.36. The highest BCUT2D eigenvalue weighted by Crippen LogP contribution is 2.29. The van der Waals surface area contributed by atoms with Gasteiger partial charge in [-0.2, -0.15) is 4.68 Å². The minimum atomic E-state index is -0.584. The summed E-state index contributed by atoms with van der Waals surface area (Å²) in [5.41, 5.74) is 6.39. The molecule has 1 unspecified atom stereocenters. The molecule has 0 spiro atoms. The molecule has 148 valence electrons. The zero-order valence-electron chi connectivity index (χ0n) is 15.1. The molecule has 1 aromatic carbocycles. The number of carbonyl (C=O) groups excluding carboxylic acids is 2. The van der Waals surface area contributed by atoms with E-state index in [1.807, 2.05) is 0 Å². The summed E-state index contributed by atoms with van der Waals surface area (Å²) in [5.74, 6) is -0.472. The van der Waals surface area contributed by atoms with Crippen LogP contribution in [0.15, 0.2) is 42.9 Å². The zero-order chi connectivity index (χ0) is 20.4. The van der Waals surface area contributed by atoms with E-state index in [9.17, 15) is 14.0 Å². The second-order valence-corrected chi connectivity index (χ2v) is 6.44. The molecule has 1 aliphatic rings. The molecule has 29 heavy (non-hydrogen) atoms. The number of benzene rings is 1. The van der Waals surface area contributed by atoms with Crippen molar-refractivity contribution in [1.82, 2.24) is 25.2 Å².